The number of carbonyl (C=O) groups excluding carboxylic acids is 1. The van der Waals surface area contributed by atoms with Crippen molar-refractivity contribution in [2.24, 2.45) is 11.8 Å². The number of rotatable bonds is 4. The third-order valence-electron chi connectivity index (χ3n) is 7.02. The van der Waals surface area contributed by atoms with Gasteiger partial charge in [0.05, 0.1) is 5.60 Å². The summed E-state index contributed by atoms with van der Waals surface area (Å²) in [5.74, 6) is 1.23. The Morgan fingerprint density at radius 2 is 1.64 bits per heavy atom. The molecule has 0 radical (unpaired) electrons. The van der Waals surface area contributed by atoms with Crippen molar-refractivity contribution in [1.29, 1.82) is 0 Å². The number of carbonyl (C=O) groups is 1. The van der Waals surface area contributed by atoms with Crippen molar-refractivity contribution < 1.29 is 9.90 Å². The average molecular weight is 373 g/mol. The zero-order valence-corrected chi connectivity index (χ0v) is 16.1. The molecule has 6 rings (SSSR count). The first-order valence-corrected chi connectivity index (χ1v) is 10.4. The van der Waals surface area contributed by atoms with Crippen molar-refractivity contribution in [1.82, 2.24) is 0 Å². The van der Waals surface area contributed by atoms with Gasteiger partial charge in [0.15, 0.2) is 0 Å². The Bertz CT molecular complexity index is 886. The zero-order chi connectivity index (χ0) is 19.2. The smallest absolute Gasteiger partial charge is 0.248 e. The van der Waals surface area contributed by atoms with E-state index in [9.17, 15) is 9.90 Å². The van der Waals surface area contributed by atoms with Crippen LogP contribution in [0.25, 0.3) is 6.08 Å². The largest absolute Gasteiger partial charge is 0.390 e. The highest BCUT2D eigenvalue weighted by atomic mass is 16.3. The van der Waals surface area contributed by atoms with Gasteiger partial charge >= 0.3 is 0 Å². The minimum atomic E-state index is -0.445. The first kappa shape index (κ1) is 17.7. The molecule has 4 fully saturated rings. The molecule has 0 heterocycles. The van der Waals surface area contributed by atoms with E-state index < -0.39 is 5.60 Å². The number of aliphatic hydroxyl groups is 1. The zero-order valence-electron chi connectivity index (χ0n) is 16.1. The fourth-order valence-corrected chi connectivity index (χ4v) is 6.38. The average Bonchev–Trinajstić information content (AvgIpc) is 2.66. The molecule has 4 aliphatic rings. The van der Waals surface area contributed by atoms with Crippen LogP contribution in [-0.4, -0.2) is 16.6 Å². The molecule has 0 saturated heterocycles. The van der Waals surface area contributed by atoms with Gasteiger partial charge < -0.3 is 10.4 Å². The lowest BCUT2D eigenvalue weighted by Crippen LogP contribution is -2.57. The van der Waals surface area contributed by atoms with Crippen molar-refractivity contribution in [3.8, 4) is 0 Å². The summed E-state index contributed by atoms with van der Waals surface area (Å²) in [7, 11) is 0. The standard InChI is InChI=1S/C25H27NO2/c27-23(11-6-18-4-2-1-3-5-18)26-22-9-7-21(8-10-22)24-13-19-12-20(14-24)16-25(28,15-19)17-24/h1-11,19-20,28H,12-17H2,(H,26,27)/b11-6+/t19-,20-,24?,25?/m1/s1. The molecule has 3 nitrogen and oxygen atoms in total. The van der Waals surface area contributed by atoms with Crippen LogP contribution in [-0.2, 0) is 10.2 Å². The maximum Gasteiger partial charge on any atom is 0.248 e. The molecule has 0 aliphatic heterocycles. The second-order valence-electron chi connectivity index (χ2n) is 9.28. The van der Waals surface area contributed by atoms with E-state index in [4.69, 9.17) is 0 Å². The van der Waals surface area contributed by atoms with E-state index in [2.05, 4.69) is 17.4 Å². The van der Waals surface area contributed by atoms with Gasteiger partial charge in [-0.05, 0) is 85.1 Å². The van der Waals surface area contributed by atoms with E-state index in [0.29, 0.717) is 11.8 Å². The van der Waals surface area contributed by atoms with Gasteiger partial charge in [-0.1, -0.05) is 42.5 Å². The molecule has 2 N–H and O–H groups in total. The molecule has 4 aliphatic carbocycles. The highest BCUT2D eigenvalue weighted by molar-refractivity contribution is 6.01. The van der Waals surface area contributed by atoms with Gasteiger partial charge in [0.25, 0.3) is 0 Å². The Hall–Kier alpha value is -2.39. The van der Waals surface area contributed by atoms with Gasteiger partial charge in [0.1, 0.15) is 0 Å². The van der Waals surface area contributed by atoms with Gasteiger partial charge in [-0.25, -0.2) is 0 Å². The number of anilines is 1. The molecule has 0 unspecified atom stereocenters. The fourth-order valence-electron chi connectivity index (χ4n) is 6.38. The summed E-state index contributed by atoms with van der Waals surface area (Å²) in [4.78, 5) is 12.2. The van der Waals surface area contributed by atoms with Gasteiger partial charge in [0, 0.05) is 11.8 Å². The third kappa shape index (κ3) is 3.29. The number of benzene rings is 2. The molecule has 3 heteroatoms. The van der Waals surface area contributed by atoms with Crippen LogP contribution < -0.4 is 5.32 Å². The molecule has 0 spiro atoms. The van der Waals surface area contributed by atoms with E-state index in [1.54, 1.807) is 6.08 Å². The Balaban J connectivity index is 1.29. The molecule has 4 bridgehead atoms. The monoisotopic (exact) mass is 373 g/mol. The summed E-state index contributed by atoms with van der Waals surface area (Å²) < 4.78 is 0. The second kappa shape index (κ2) is 6.59. The van der Waals surface area contributed by atoms with E-state index in [-0.39, 0.29) is 11.3 Å². The molecule has 2 aromatic rings. The van der Waals surface area contributed by atoms with Gasteiger partial charge in [-0.2, -0.15) is 0 Å². The lowest BCUT2D eigenvalue weighted by Gasteiger charge is -2.60. The SMILES string of the molecule is O=C(/C=C/c1ccccc1)Nc1ccc(C23C[C@H]4C[C@@H](CC(O)(C4)C2)C3)cc1. The third-order valence-corrected chi connectivity index (χ3v) is 7.02. The Kier molecular flexibility index (Phi) is 4.17. The van der Waals surface area contributed by atoms with Crippen molar-refractivity contribution in [2.75, 3.05) is 5.32 Å². The van der Waals surface area contributed by atoms with Crippen LogP contribution in [0.1, 0.15) is 49.7 Å². The molecule has 0 aromatic heterocycles. The van der Waals surface area contributed by atoms with Crippen LogP contribution in [0.15, 0.2) is 60.7 Å². The fraction of sp³-hybridized carbons (Fsp3) is 0.400. The first-order valence-electron chi connectivity index (χ1n) is 10.4. The summed E-state index contributed by atoms with van der Waals surface area (Å²) in [6, 6.07) is 18.1. The summed E-state index contributed by atoms with van der Waals surface area (Å²) in [5.41, 5.74) is 2.84. The van der Waals surface area contributed by atoms with Crippen LogP contribution >= 0.6 is 0 Å². The summed E-state index contributed by atoms with van der Waals surface area (Å²) in [6.45, 7) is 0. The van der Waals surface area contributed by atoms with Gasteiger partial charge in [-0.15, -0.1) is 0 Å². The van der Waals surface area contributed by atoms with Crippen LogP contribution in [0.4, 0.5) is 5.69 Å². The van der Waals surface area contributed by atoms with Crippen molar-refractivity contribution >= 4 is 17.7 Å². The highest BCUT2D eigenvalue weighted by Gasteiger charge is 2.57. The number of nitrogens with one attached hydrogen (secondary N) is 1. The van der Waals surface area contributed by atoms with Crippen molar-refractivity contribution in [2.45, 2.75) is 49.5 Å². The van der Waals surface area contributed by atoms with Crippen molar-refractivity contribution in [3.63, 3.8) is 0 Å². The molecular weight excluding hydrogens is 346 g/mol. The molecule has 144 valence electrons. The van der Waals surface area contributed by atoms with E-state index >= 15 is 0 Å². The lowest BCUT2D eigenvalue weighted by molar-refractivity contribution is -0.137. The topological polar surface area (TPSA) is 49.3 Å². The predicted molar refractivity (Wildman–Crippen MR) is 112 cm³/mol. The Labute approximate surface area is 166 Å². The van der Waals surface area contributed by atoms with Crippen LogP contribution in [0.2, 0.25) is 0 Å². The quantitative estimate of drug-likeness (QED) is 0.747. The minimum absolute atomic E-state index is 0.124. The second-order valence-corrected chi connectivity index (χ2v) is 9.28. The maximum absolute atomic E-state index is 12.2. The lowest BCUT2D eigenvalue weighted by atomic mass is 9.46. The van der Waals surface area contributed by atoms with Gasteiger partial charge in [-0.3, -0.25) is 4.79 Å². The summed E-state index contributed by atoms with van der Waals surface area (Å²) in [5, 5.41) is 13.9. The molecule has 2 aromatic carbocycles. The Morgan fingerprint density at radius 3 is 2.29 bits per heavy atom. The molecule has 4 saturated carbocycles. The predicted octanol–water partition coefficient (Wildman–Crippen LogP) is 4.92. The minimum Gasteiger partial charge on any atom is -0.390 e. The van der Waals surface area contributed by atoms with Gasteiger partial charge in [0.2, 0.25) is 5.91 Å². The molecule has 1 amide bonds. The van der Waals surface area contributed by atoms with E-state index in [1.807, 2.05) is 48.5 Å². The van der Waals surface area contributed by atoms with E-state index in [1.165, 1.54) is 24.8 Å². The number of hydrogen-bond acceptors (Lipinski definition) is 2. The summed E-state index contributed by atoms with van der Waals surface area (Å²) >= 11 is 0. The summed E-state index contributed by atoms with van der Waals surface area (Å²) in [6.07, 6.45) is 9.98. The van der Waals surface area contributed by atoms with Crippen LogP contribution in [0, 0.1) is 11.8 Å². The van der Waals surface area contributed by atoms with E-state index in [0.717, 1.165) is 30.5 Å². The Morgan fingerprint density at radius 1 is 0.964 bits per heavy atom. The van der Waals surface area contributed by atoms with Crippen LogP contribution in [0.3, 0.4) is 0 Å². The maximum atomic E-state index is 12.2. The first-order chi connectivity index (χ1) is 13.5. The highest BCUT2D eigenvalue weighted by Crippen LogP contribution is 2.62. The number of amides is 1. The van der Waals surface area contributed by atoms with Crippen LogP contribution in [0.5, 0.6) is 0 Å². The molecular formula is C25H27NO2. The molecule has 28 heavy (non-hydrogen) atoms. The molecule has 2 atom stereocenters. The number of hydrogen-bond donors (Lipinski definition) is 2. The normalized spacial score (nSPS) is 33.3. The van der Waals surface area contributed by atoms with Crippen molar-refractivity contribution in [3.05, 3.63) is 71.8 Å².